The van der Waals surface area contributed by atoms with E-state index in [0.29, 0.717) is 18.8 Å². The summed E-state index contributed by atoms with van der Waals surface area (Å²) in [7, 11) is 0. The summed E-state index contributed by atoms with van der Waals surface area (Å²) in [5.74, 6) is -0.391. The highest BCUT2D eigenvalue weighted by atomic mass is 19.1. The lowest BCUT2D eigenvalue weighted by Gasteiger charge is -2.13. The number of carboxylic acids is 1. The fourth-order valence-corrected chi connectivity index (χ4v) is 2.26. The van der Waals surface area contributed by atoms with Crippen molar-refractivity contribution in [1.82, 2.24) is 0 Å². The van der Waals surface area contributed by atoms with E-state index in [0.717, 1.165) is 0 Å². The number of aliphatic hydroxyl groups excluding tert-OH is 2. The van der Waals surface area contributed by atoms with Crippen LogP contribution >= 0.6 is 0 Å². The predicted octanol–water partition coefficient (Wildman–Crippen LogP) is 4.04. The fraction of sp³-hybridized carbons (Fsp3) is 0.348. The van der Waals surface area contributed by atoms with E-state index in [9.17, 15) is 19.4 Å². The van der Waals surface area contributed by atoms with Crippen molar-refractivity contribution in [1.29, 1.82) is 0 Å². The van der Waals surface area contributed by atoms with Crippen LogP contribution in [0.25, 0.3) is 0 Å². The van der Waals surface area contributed by atoms with Crippen molar-refractivity contribution in [2.45, 2.75) is 38.4 Å². The Hall–Kier alpha value is -2.70. The number of benzene rings is 1. The van der Waals surface area contributed by atoms with Crippen LogP contribution in [0.3, 0.4) is 0 Å². The molecule has 0 aliphatic heterocycles. The quantitative estimate of drug-likeness (QED) is 0.432. The summed E-state index contributed by atoms with van der Waals surface area (Å²) in [4.78, 5) is 10.4. The van der Waals surface area contributed by atoms with Crippen molar-refractivity contribution < 1.29 is 29.2 Å². The molecule has 1 aromatic rings. The summed E-state index contributed by atoms with van der Waals surface area (Å²) in [5.41, 5.74) is 0. The van der Waals surface area contributed by atoms with Crippen LogP contribution in [0.5, 0.6) is 5.75 Å². The van der Waals surface area contributed by atoms with Gasteiger partial charge >= 0.3 is 5.97 Å². The van der Waals surface area contributed by atoms with E-state index in [1.54, 1.807) is 30.4 Å². The molecule has 0 saturated heterocycles. The molecule has 3 N–H and O–H groups in total. The first kappa shape index (κ1) is 24.3. The number of aliphatic hydroxyl groups is 2. The van der Waals surface area contributed by atoms with Crippen molar-refractivity contribution in [3.8, 4) is 5.75 Å². The van der Waals surface area contributed by atoms with Gasteiger partial charge in [-0.25, -0.2) is 4.39 Å². The van der Waals surface area contributed by atoms with Gasteiger partial charge in [0, 0.05) is 12.3 Å². The average molecular weight is 404 g/mol. The maximum absolute atomic E-state index is 12.8. The van der Waals surface area contributed by atoms with Crippen LogP contribution in [0.4, 0.5) is 4.39 Å². The number of hydrogen-bond acceptors (Lipinski definition) is 4. The maximum atomic E-state index is 12.8. The van der Waals surface area contributed by atoms with Crippen molar-refractivity contribution in [3.63, 3.8) is 0 Å². The van der Waals surface area contributed by atoms with Gasteiger partial charge < -0.3 is 20.1 Å². The minimum absolute atomic E-state index is 0.0251. The molecule has 0 spiro atoms. The molecule has 0 aromatic heterocycles. The Labute approximate surface area is 171 Å². The zero-order valence-corrected chi connectivity index (χ0v) is 16.5. The lowest BCUT2D eigenvalue weighted by Crippen LogP contribution is -2.23. The largest absolute Gasteiger partial charge is 0.493 e. The van der Waals surface area contributed by atoms with Gasteiger partial charge in [-0.2, -0.15) is 0 Å². The highest BCUT2D eigenvalue weighted by molar-refractivity contribution is 5.66. The number of aliphatic carboxylic acids is 1. The van der Waals surface area contributed by atoms with Crippen molar-refractivity contribution >= 4 is 5.97 Å². The molecule has 0 aliphatic carbocycles. The van der Waals surface area contributed by atoms with Gasteiger partial charge in [-0.15, -0.1) is 0 Å². The van der Waals surface area contributed by atoms with Crippen molar-refractivity contribution in [3.05, 3.63) is 78.7 Å². The third kappa shape index (κ3) is 12.4. The number of allylic oxidation sites excluding steroid dienone is 6. The Morgan fingerprint density at radius 2 is 1.62 bits per heavy atom. The van der Waals surface area contributed by atoms with Gasteiger partial charge in [-0.1, -0.05) is 55.5 Å². The summed E-state index contributed by atoms with van der Waals surface area (Å²) >= 11 is 0. The molecule has 1 aromatic carbocycles. The lowest BCUT2D eigenvalue weighted by molar-refractivity contribution is -0.137. The number of rotatable bonds is 13. The fourth-order valence-electron chi connectivity index (χ4n) is 2.26. The van der Waals surface area contributed by atoms with Crippen LogP contribution in [-0.2, 0) is 4.79 Å². The minimum atomic E-state index is -1.03. The molecule has 0 radical (unpaired) electrons. The summed E-state index contributed by atoms with van der Waals surface area (Å²) in [6.07, 6.45) is 12.7. The molecule has 0 fully saturated rings. The first-order valence-corrected chi connectivity index (χ1v) is 9.53. The average Bonchev–Trinajstić information content (AvgIpc) is 2.69. The number of ether oxygens (including phenoxy) is 1. The molecule has 0 bridgehead atoms. The van der Waals surface area contributed by atoms with Gasteiger partial charge in [-0.05, 0) is 37.1 Å². The third-order valence-electron chi connectivity index (χ3n) is 3.91. The van der Waals surface area contributed by atoms with E-state index in [-0.39, 0.29) is 24.6 Å². The van der Waals surface area contributed by atoms with Crippen LogP contribution in [0.15, 0.2) is 72.9 Å². The molecule has 1 rings (SSSR count). The number of halogens is 1. The van der Waals surface area contributed by atoms with Crippen molar-refractivity contribution in [2.24, 2.45) is 5.92 Å². The van der Waals surface area contributed by atoms with Gasteiger partial charge in [0.05, 0.1) is 18.8 Å². The van der Waals surface area contributed by atoms with Gasteiger partial charge in [0.15, 0.2) is 0 Å². The van der Waals surface area contributed by atoms with Crippen LogP contribution < -0.4 is 4.74 Å². The summed E-state index contributed by atoms with van der Waals surface area (Å²) in [5, 5.41) is 28.0. The Bertz CT molecular complexity index is 706. The molecule has 0 aliphatic rings. The molecule has 5 nitrogen and oxygen atoms in total. The predicted molar refractivity (Wildman–Crippen MR) is 111 cm³/mol. The second kappa shape index (κ2) is 14.3. The topological polar surface area (TPSA) is 87.0 Å². The monoisotopic (exact) mass is 404 g/mol. The Balaban J connectivity index is 2.24. The standard InChI is InChI=1S/C23H29FO5/c1-18(17-29-20-15-13-19(24)14-16-20)9-6-4-2-3-5-7-10-21(25)22(26)11-8-12-23(27)28/h2-7,9-10,13-16,18,21-22,25-26H,8,11-12,17H2,1H3,(H,27,28)/b4-2-,5-3+,9-6+,10-7+/t18-,21+,22-/m0/s1. The Morgan fingerprint density at radius 1 is 1.03 bits per heavy atom. The van der Waals surface area contributed by atoms with Gasteiger partial charge in [-0.3, -0.25) is 4.79 Å². The van der Waals surface area contributed by atoms with Gasteiger partial charge in [0.2, 0.25) is 0 Å². The van der Waals surface area contributed by atoms with Crippen LogP contribution in [0, 0.1) is 11.7 Å². The van der Waals surface area contributed by atoms with E-state index >= 15 is 0 Å². The van der Waals surface area contributed by atoms with Crippen LogP contribution in [0.1, 0.15) is 26.2 Å². The number of hydrogen-bond donors (Lipinski definition) is 3. The Kier molecular flexibility index (Phi) is 12.0. The van der Waals surface area contributed by atoms with Crippen LogP contribution in [0.2, 0.25) is 0 Å². The molecule has 158 valence electrons. The third-order valence-corrected chi connectivity index (χ3v) is 3.91. The first-order chi connectivity index (χ1) is 13.9. The molecule has 0 amide bonds. The van der Waals surface area contributed by atoms with Crippen molar-refractivity contribution in [2.75, 3.05) is 6.61 Å². The highest BCUT2D eigenvalue weighted by Gasteiger charge is 2.12. The second-order valence-electron chi connectivity index (χ2n) is 6.63. The number of carbonyl (C=O) groups is 1. The maximum Gasteiger partial charge on any atom is 0.303 e. The minimum Gasteiger partial charge on any atom is -0.493 e. The van der Waals surface area contributed by atoms with E-state index < -0.39 is 18.2 Å². The summed E-state index contributed by atoms with van der Waals surface area (Å²) in [6.45, 7) is 2.50. The van der Waals surface area contributed by atoms with Crippen LogP contribution in [-0.4, -0.2) is 40.1 Å². The van der Waals surface area contributed by atoms with E-state index in [4.69, 9.17) is 9.84 Å². The molecular weight excluding hydrogens is 375 g/mol. The summed E-state index contributed by atoms with van der Waals surface area (Å²) in [6, 6.07) is 5.91. The smallest absolute Gasteiger partial charge is 0.303 e. The normalized spacial score (nSPS) is 15.4. The van der Waals surface area contributed by atoms with Gasteiger partial charge in [0.25, 0.3) is 0 Å². The molecular formula is C23H29FO5. The first-order valence-electron chi connectivity index (χ1n) is 9.53. The zero-order chi connectivity index (χ0) is 21.5. The number of carboxylic acid groups (broad SMARTS) is 1. The summed E-state index contributed by atoms with van der Waals surface area (Å²) < 4.78 is 18.4. The molecule has 3 atom stereocenters. The molecule has 29 heavy (non-hydrogen) atoms. The van der Waals surface area contributed by atoms with Gasteiger partial charge in [0.1, 0.15) is 11.6 Å². The molecule has 6 heteroatoms. The Morgan fingerprint density at radius 3 is 2.24 bits per heavy atom. The highest BCUT2D eigenvalue weighted by Crippen LogP contribution is 2.12. The molecule has 0 unspecified atom stereocenters. The van der Waals surface area contributed by atoms with E-state index in [2.05, 4.69) is 0 Å². The molecule has 0 heterocycles. The lowest BCUT2D eigenvalue weighted by atomic mass is 10.1. The SMILES string of the molecule is C[C@@H](/C=C/C=C\C=C\C=C\[C@@H](O)[C@@H](O)CCCC(=O)O)COc1ccc(F)cc1. The van der Waals surface area contributed by atoms with E-state index in [1.807, 2.05) is 31.2 Å². The van der Waals surface area contributed by atoms with E-state index in [1.165, 1.54) is 18.2 Å². The second-order valence-corrected chi connectivity index (χ2v) is 6.63. The zero-order valence-electron chi connectivity index (χ0n) is 16.5. The molecule has 0 saturated carbocycles.